The molecule has 0 spiro atoms. The van der Waals surface area contributed by atoms with E-state index in [9.17, 15) is 0 Å². The van der Waals surface area contributed by atoms with E-state index in [1.807, 2.05) is 30.3 Å². The van der Waals surface area contributed by atoms with Gasteiger partial charge in [-0.2, -0.15) is 0 Å². The van der Waals surface area contributed by atoms with Gasteiger partial charge < -0.3 is 9.15 Å². The van der Waals surface area contributed by atoms with E-state index >= 15 is 0 Å². The summed E-state index contributed by atoms with van der Waals surface area (Å²) in [6.07, 6.45) is 4.29. The molecule has 1 aromatic heterocycles. The molecule has 0 N–H and O–H groups in total. The van der Waals surface area contributed by atoms with Crippen LogP contribution in [0.2, 0.25) is 0 Å². The fourth-order valence-electron chi connectivity index (χ4n) is 4.30. The molecular formula is C27H18O2. The summed E-state index contributed by atoms with van der Waals surface area (Å²) in [5.41, 5.74) is 4.27. The van der Waals surface area contributed by atoms with Crippen LogP contribution in [0.5, 0.6) is 5.75 Å². The molecule has 0 aliphatic carbocycles. The highest BCUT2D eigenvalue weighted by atomic mass is 16.5. The van der Waals surface area contributed by atoms with Gasteiger partial charge in [0.25, 0.3) is 0 Å². The molecule has 0 fully saturated rings. The molecule has 5 aromatic rings. The van der Waals surface area contributed by atoms with Gasteiger partial charge in [0.2, 0.25) is 0 Å². The summed E-state index contributed by atoms with van der Waals surface area (Å²) in [7, 11) is 0. The van der Waals surface area contributed by atoms with Crippen LogP contribution in [0.25, 0.3) is 28.0 Å². The van der Waals surface area contributed by atoms with Gasteiger partial charge in [-0.3, -0.25) is 0 Å². The molecule has 0 amide bonds. The third kappa shape index (κ3) is 2.36. The van der Waals surface area contributed by atoms with Crippen molar-refractivity contribution in [2.45, 2.75) is 5.60 Å². The zero-order valence-electron chi connectivity index (χ0n) is 15.7. The van der Waals surface area contributed by atoms with E-state index in [-0.39, 0.29) is 0 Å². The van der Waals surface area contributed by atoms with Gasteiger partial charge in [0.1, 0.15) is 16.9 Å². The first-order valence-electron chi connectivity index (χ1n) is 9.79. The molecule has 1 aliphatic heterocycles. The lowest BCUT2D eigenvalue weighted by Crippen LogP contribution is -2.34. The van der Waals surface area contributed by atoms with E-state index in [0.29, 0.717) is 0 Å². The highest BCUT2D eigenvalue weighted by Gasteiger charge is 2.37. The molecule has 0 saturated heterocycles. The molecule has 0 radical (unpaired) electrons. The molecule has 4 aromatic carbocycles. The van der Waals surface area contributed by atoms with Crippen molar-refractivity contribution < 1.29 is 9.15 Å². The Kier molecular flexibility index (Phi) is 3.41. The van der Waals surface area contributed by atoms with E-state index < -0.39 is 5.60 Å². The molecule has 138 valence electrons. The van der Waals surface area contributed by atoms with Crippen molar-refractivity contribution in [3.63, 3.8) is 0 Å². The predicted molar refractivity (Wildman–Crippen MR) is 117 cm³/mol. The second kappa shape index (κ2) is 6.11. The average molecular weight is 374 g/mol. The molecule has 0 bridgehead atoms. The molecule has 0 atom stereocenters. The number of rotatable bonds is 2. The van der Waals surface area contributed by atoms with Gasteiger partial charge in [0, 0.05) is 21.9 Å². The SMILES string of the molecule is C1=CC(c2ccccc2)(c2ccccc2)Oc2ccc3c(oc4ccccc43)c21. The normalized spacial score (nSPS) is 14.6. The maximum Gasteiger partial charge on any atom is 0.178 e. The van der Waals surface area contributed by atoms with E-state index in [0.717, 1.165) is 44.4 Å². The van der Waals surface area contributed by atoms with E-state index in [2.05, 4.69) is 78.9 Å². The Bertz CT molecular complexity index is 1320. The maximum absolute atomic E-state index is 6.75. The van der Waals surface area contributed by atoms with E-state index in [4.69, 9.17) is 9.15 Å². The van der Waals surface area contributed by atoms with Crippen LogP contribution in [0, 0.1) is 0 Å². The van der Waals surface area contributed by atoms with Crippen molar-refractivity contribution in [2.24, 2.45) is 0 Å². The number of furan rings is 1. The zero-order valence-corrected chi connectivity index (χ0v) is 15.7. The maximum atomic E-state index is 6.75. The van der Waals surface area contributed by atoms with Crippen molar-refractivity contribution in [3.05, 3.63) is 120 Å². The Morgan fingerprint density at radius 2 is 1.24 bits per heavy atom. The highest BCUT2D eigenvalue weighted by Crippen LogP contribution is 2.45. The summed E-state index contributed by atoms with van der Waals surface area (Å²) in [6.45, 7) is 0. The smallest absolute Gasteiger partial charge is 0.178 e. The van der Waals surface area contributed by atoms with Crippen LogP contribution >= 0.6 is 0 Å². The number of hydrogen-bond acceptors (Lipinski definition) is 2. The first-order valence-corrected chi connectivity index (χ1v) is 9.79. The van der Waals surface area contributed by atoms with Crippen LogP contribution in [0.1, 0.15) is 16.7 Å². The standard InChI is InChI=1S/C27H18O2/c1-3-9-19(10-4-1)27(20-11-5-2-6-12-20)18-17-23-25(29-27)16-15-22-21-13-7-8-14-24(21)28-26(22)23/h1-18H. The number of benzene rings is 4. The van der Waals surface area contributed by atoms with Crippen molar-refractivity contribution >= 4 is 28.0 Å². The van der Waals surface area contributed by atoms with Gasteiger partial charge in [0.15, 0.2) is 5.60 Å². The van der Waals surface area contributed by atoms with Gasteiger partial charge in [-0.15, -0.1) is 0 Å². The molecule has 2 nitrogen and oxygen atoms in total. The van der Waals surface area contributed by atoms with Crippen LogP contribution < -0.4 is 4.74 Å². The molecule has 2 heterocycles. The van der Waals surface area contributed by atoms with Gasteiger partial charge in [-0.25, -0.2) is 0 Å². The molecular weight excluding hydrogens is 356 g/mol. The molecule has 6 rings (SSSR count). The monoisotopic (exact) mass is 374 g/mol. The van der Waals surface area contributed by atoms with Gasteiger partial charge in [0.05, 0.1) is 5.56 Å². The summed E-state index contributed by atoms with van der Waals surface area (Å²) in [4.78, 5) is 0. The van der Waals surface area contributed by atoms with Crippen molar-refractivity contribution in [3.8, 4) is 5.75 Å². The second-order valence-electron chi connectivity index (χ2n) is 7.36. The molecule has 0 unspecified atom stereocenters. The van der Waals surface area contributed by atoms with Crippen molar-refractivity contribution in [1.82, 2.24) is 0 Å². The van der Waals surface area contributed by atoms with Crippen LogP contribution in [0.4, 0.5) is 0 Å². The minimum absolute atomic E-state index is 0.671. The van der Waals surface area contributed by atoms with E-state index in [1.165, 1.54) is 0 Å². The number of hydrogen-bond donors (Lipinski definition) is 0. The first kappa shape index (κ1) is 16.2. The van der Waals surface area contributed by atoms with Gasteiger partial charge in [-0.05, 0) is 30.4 Å². The summed E-state index contributed by atoms with van der Waals surface area (Å²) < 4.78 is 12.9. The van der Waals surface area contributed by atoms with Crippen LogP contribution in [-0.2, 0) is 5.60 Å². The lowest BCUT2D eigenvalue weighted by molar-refractivity contribution is 0.161. The Hall–Kier alpha value is -3.78. The first-order chi connectivity index (χ1) is 14.4. The highest BCUT2D eigenvalue weighted by molar-refractivity contribution is 6.08. The summed E-state index contributed by atoms with van der Waals surface area (Å²) in [6, 6.07) is 33.0. The average Bonchev–Trinajstić information content (AvgIpc) is 3.19. The number of fused-ring (bicyclic) bond motifs is 5. The summed E-state index contributed by atoms with van der Waals surface area (Å²) >= 11 is 0. The van der Waals surface area contributed by atoms with Crippen LogP contribution in [0.3, 0.4) is 0 Å². The molecule has 29 heavy (non-hydrogen) atoms. The Balaban J connectivity index is 1.60. The molecule has 0 saturated carbocycles. The van der Waals surface area contributed by atoms with Crippen molar-refractivity contribution in [1.29, 1.82) is 0 Å². The second-order valence-corrected chi connectivity index (χ2v) is 7.36. The number of para-hydroxylation sites is 1. The third-order valence-corrected chi connectivity index (χ3v) is 5.71. The Labute approximate surface area is 168 Å². The van der Waals surface area contributed by atoms with Gasteiger partial charge in [-0.1, -0.05) is 78.9 Å². The molecule has 1 aliphatic rings. The largest absolute Gasteiger partial charge is 0.473 e. The number of ether oxygens (including phenoxy) is 1. The fraction of sp³-hybridized carbons (Fsp3) is 0.0370. The zero-order chi connectivity index (χ0) is 19.3. The van der Waals surface area contributed by atoms with Gasteiger partial charge >= 0.3 is 0 Å². The van der Waals surface area contributed by atoms with E-state index in [1.54, 1.807) is 0 Å². The quantitative estimate of drug-likeness (QED) is 0.334. The van der Waals surface area contributed by atoms with Crippen LogP contribution in [0.15, 0.2) is 108 Å². The Morgan fingerprint density at radius 3 is 1.97 bits per heavy atom. The minimum atomic E-state index is -0.671. The molecule has 2 heteroatoms. The predicted octanol–water partition coefficient (Wildman–Crippen LogP) is 6.94. The minimum Gasteiger partial charge on any atom is -0.473 e. The topological polar surface area (TPSA) is 22.4 Å². The Morgan fingerprint density at radius 1 is 0.586 bits per heavy atom. The summed E-state index contributed by atoms with van der Waals surface area (Å²) in [5, 5.41) is 2.24. The third-order valence-electron chi connectivity index (χ3n) is 5.71. The lowest BCUT2D eigenvalue weighted by atomic mass is 9.83. The fourth-order valence-corrected chi connectivity index (χ4v) is 4.30. The lowest BCUT2D eigenvalue weighted by Gasteiger charge is -2.36. The summed E-state index contributed by atoms with van der Waals surface area (Å²) in [5.74, 6) is 0.826. The van der Waals surface area contributed by atoms with Crippen molar-refractivity contribution in [2.75, 3.05) is 0 Å². The van der Waals surface area contributed by atoms with Crippen LogP contribution in [-0.4, -0.2) is 0 Å².